The number of nitrogens with one attached hydrogen (secondary N) is 2. The Hall–Kier alpha value is -3.52. The number of hydrogen-bond donors (Lipinski definition) is 2. The zero-order chi connectivity index (χ0) is 25.5. The summed E-state index contributed by atoms with van der Waals surface area (Å²) < 4.78 is 77.6. The molecule has 1 aliphatic rings. The van der Waals surface area contributed by atoms with E-state index in [2.05, 4.69) is 9.97 Å². The number of hydrogen-bond acceptors (Lipinski definition) is 4. The highest BCUT2D eigenvalue weighted by atomic mass is 19.4. The highest BCUT2D eigenvalue weighted by molar-refractivity contribution is 5.89. The van der Waals surface area contributed by atoms with Gasteiger partial charge in [0.25, 0.3) is 0 Å². The van der Waals surface area contributed by atoms with Gasteiger partial charge in [0.2, 0.25) is 0 Å². The van der Waals surface area contributed by atoms with Crippen molar-refractivity contribution in [1.82, 2.24) is 34.5 Å². The Bertz CT molecular complexity index is 1250. The molecule has 9 nitrogen and oxygen atoms in total. The maximum absolute atomic E-state index is 12.5. The van der Waals surface area contributed by atoms with Crippen LogP contribution in [0.2, 0.25) is 0 Å². The Kier molecular flexibility index (Phi) is 6.27. The number of fused-ring (bicyclic) bond motifs is 3. The molecule has 0 bridgehead atoms. The average molecular weight is 505 g/mol. The van der Waals surface area contributed by atoms with Gasteiger partial charge in [0.1, 0.15) is 13.1 Å². The van der Waals surface area contributed by atoms with Crippen molar-refractivity contribution in [3.8, 4) is 0 Å². The van der Waals surface area contributed by atoms with Gasteiger partial charge in [-0.1, -0.05) is 13.3 Å². The number of halogens is 6. The highest BCUT2D eigenvalue weighted by Gasteiger charge is 2.38. The lowest BCUT2D eigenvalue weighted by atomic mass is 9.91. The summed E-state index contributed by atoms with van der Waals surface area (Å²) in [5.41, 5.74) is 1.57. The van der Waals surface area contributed by atoms with E-state index in [0.29, 0.717) is 23.3 Å². The Labute approximate surface area is 194 Å². The normalized spacial score (nSPS) is 19.0. The van der Waals surface area contributed by atoms with E-state index in [4.69, 9.17) is 0 Å². The fraction of sp³-hybridized carbons (Fsp3) is 0.500. The van der Waals surface area contributed by atoms with Gasteiger partial charge in [-0.05, 0) is 12.0 Å². The van der Waals surface area contributed by atoms with Crippen LogP contribution >= 0.6 is 0 Å². The molecule has 0 aliphatic carbocycles. The number of carbonyl (C=O) groups is 2. The van der Waals surface area contributed by atoms with Crippen molar-refractivity contribution in [2.24, 2.45) is 5.92 Å². The van der Waals surface area contributed by atoms with Crippen molar-refractivity contribution in [2.45, 2.75) is 31.6 Å². The topological polar surface area (TPSA) is 96.6 Å². The lowest BCUT2D eigenvalue weighted by Crippen LogP contribution is -2.42. The number of likely N-dealkylation sites (tertiary alicyclic amines) is 1. The molecule has 190 valence electrons. The SMILES string of the molecule is CC[C@@H]1CN(C(=O)NCC(F)(F)F)C[C@@H]1c1cnc2cnc3c(ccn3C(=O)NCC(F)(F)F)n12. The van der Waals surface area contributed by atoms with Gasteiger partial charge >= 0.3 is 24.4 Å². The first-order chi connectivity index (χ1) is 16.4. The summed E-state index contributed by atoms with van der Waals surface area (Å²) in [5, 5.41) is 3.67. The van der Waals surface area contributed by atoms with Crippen molar-refractivity contribution >= 4 is 28.9 Å². The first-order valence-corrected chi connectivity index (χ1v) is 10.7. The predicted octanol–water partition coefficient (Wildman–Crippen LogP) is 3.50. The predicted molar refractivity (Wildman–Crippen MR) is 111 cm³/mol. The standard InChI is InChI=1S/C20H21F6N7O2/c1-2-11-7-31(17(34)29-9-19(21,22)23)8-12(11)14-5-27-15-6-28-16-13(33(14)15)3-4-32(16)18(35)30-10-20(24,25)26/h3-6,11-12H,2,7-10H2,1H3,(H,29,34)(H,30,35)/t11-,12+/m1/s1. The molecule has 4 heterocycles. The summed E-state index contributed by atoms with van der Waals surface area (Å²) in [5.74, 6) is -0.355. The summed E-state index contributed by atoms with van der Waals surface area (Å²) in [7, 11) is 0. The zero-order valence-electron chi connectivity index (χ0n) is 18.3. The van der Waals surface area contributed by atoms with E-state index in [1.165, 1.54) is 23.4 Å². The third kappa shape index (κ3) is 5.12. The van der Waals surface area contributed by atoms with Gasteiger partial charge in [0, 0.05) is 37.1 Å². The van der Waals surface area contributed by atoms with Crippen LogP contribution in [0.3, 0.4) is 0 Å². The van der Waals surface area contributed by atoms with Crippen LogP contribution in [0.15, 0.2) is 24.7 Å². The van der Waals surface area contributed by atoms with Crippen molar-refractivity contribution < 1.29 is 35.9 Å². The van der Waals surface area contributed by atoms with Crippen LogP contribution in [-0.4, -0.2) is 74.4 Å². The van der Waals surface area contributed by atoms with Crippen LogP contribution in [0.25, 0.3) is 16.8 Å². The average Bonchev–Trinajstić information content (AvgIpc) is 3.49. The smallest absolute Gasteiger partial charge is 0.329 e. The van der Waals surface area contributed by atoms with Gasteiger partial charge < -0.3 is 15.5 Å². The Morgan fingerprint density at radius 2 is 1.66 bits per heavy atom. The van der Waals surface area contributed by atoms with Crippen LogP contribution in [0.4, 0.5) is 35.9 Å². The molecule has 35 heavy (non-hydrogen) atoms. The van der Waals surface area contributed by atoms with E-state index in [9.17, 15) is 35.9 Å². The lowest BCUT2D eigenvalue weighted by Gasteiger charge is -2.18. The molecule has 0 saturated carbocycles. The lowest BCUT2D eigenvalue weighted by molar-refractivity contribution is -0.123. The monoisotopic (exact) mass is 505 g/mol. The molecule has 0 radical (unpaired) electrons. The molecule has 1 fully saturated rings. The minimum absolute atomic E-state index is 0.0769. The van der Waals surface area contributed by atoms with Crippen LogP contribution in [0.5, 0.6) is 0 Å². The molecule has 2 atom stereocenters. The molecule has 0 unspecified atom stereocenters. The van der Waals surface area contributed by atoms with E-state index >= 15 is 0 Å². The van der Waals surface area contributed by atoms with Crippen molar-refractivity contribution in [2.75, 3.05) is 26.2 Å². The van der Waals surface area contributed by atoms with Gasteiger partial charge in [-0.3, -0.25) is 8.97 Å². The van der Waals surface area contributed by atoms with E-state index in [1.807, 2.05) is 12.2 Å². The van der Waals surface area contributed by atoms with Crippen LogP contribution in [-0.2, 0) is 0 Å². The van der Waals surface area contributed by atoms with Crippen LogP contribution < -0.4 is 10.6 Å². The first kappa shape index (κ1) is 24.6. The van der Waals surface area contributed by atoms with Gasteiger partial charge in [0.05, 0.1) is 11.7 Å². The van der Waals surface area contributed by atoms with Gasteiger partial charge in [-0.2, -0.15) is 26.3 Å². The van der Waals surface area contributed by atoms with Crippen LogP contribution in [0.1, 0.15) is 25.0 Å². The third-order valence-electron chi connectivity index (χ3n) is 5.93. The number of urea groups is 1. The second kappa shape index (κ2) is 8.92. The summed E-state index contributed by atoms with van der Waals surface area (Å²) in [6.45, 7) is -0.650. The Morgan fingerprint density at radius 3 is 2.29 bits per heavy atom. The molecule has 3 aromatic rings. The summed E-state index contributed by atoms with van der Waals surface area (Å²) in [6, 6.07) is -0.320. The summed E-state index contributed by atoms with van der Waals surface area (Å²) >= 11 is 0. The van der Waals surface area contributed by atoms with Gasteiger partial charge in [-0.25, -0.2) is 19.6 Å². The number of nitrogens with zero attached hydrogens (tertiary/aromatic N) is 5. The van der Waals surface area contributed by atoms with Gasteiger partial charge in [0.15, 0.2) is 11.3 Å². The van der Waals surface area contributed by atoms with E-state index in [0.717, 1.165) is 4.57 Å². The molecule has 1 aliphatic heterocycles. The Balaban J connectivity index is 1.63. The number of alkyl halides is 6. The molecule has 2 N–H and O–H groups in total. The third-order valence-corrected chi connectivity index (χ3v) is 5.93. The molecular formula is C20H21F6N7O2. The summed E-state index contributed by atoms with van der Waals surface area (Å²) in [4.78, 5) is 34.4. The highest BCUT2D eigenvalue weighted by Crippen LogP contribution is 2.36. The fourth-order valence-electron chi connectivity index (χ4n) is 4.33. The van der Waals surface area contributed by atoms with Crippen LogP contribution in [0, 0.1) is 5.92 Å². The number of imidazole rings is 1. The summed E-state index contributed by atoms with van der Waals surface area (Å²) in [6.07, 6.45) is -4.25. The molecule has 15 heteroatoms. The minimum atomic E-state index is -4.58. The molecule has 0 spiro atoms. The molecule has 3 amide bonds. The van der Waals surface area contributed by atoms with Crippen molar-refractivity contribution in [3.63, 3.8) is 0 Å². The van der Waals surface area contributed by atoms with Crippen molar-refractivity contribution in [1.29, 1.82) is 0 Å². The largest absolute Gasteiger partial charge is 0.405 e. The maximum atomic E-state index is 12.5. The molecule has 1 saturated heterocycles. The number of aromatic nitrogens is 4. The molecule has 3 aromatic heterocycles. The Morgan fingerprint density at radius 1 is 1.00 bits per heavy atom. The first-order valence-electron chi connectivity index (χ1n) is 10.7. The number of carbonyl (C=O) groups excluding carboxylic acids is 2. The van der Waals surface area contributed by atoms with E-state index in [1.54, 1.807) is 15.9 Å². The zero-order valence-corrected chi connectivity index (χ0v) is 18.3. The second-order valence-corrected chi connectivity index (χ2v) is 8.26. The van der Waals surface area contributed by atoms with E-state index < -0.39 is 37.5 Å². The van der Waals surface area contributed by atoms with E-state index in [-0.39, 0.29) is 30.6 Å². The molecule has 4 rings (SSSR count). The quantitative estimate of drug-likeness (QED) is 0.531. The fourth-order valence-corrected chi connectivity index (χ4v) is 4.33. The second-order valence-electron chi connectivity index (χ2n) is 8.26. The minimum Gasteiger partial charge on any atom is -0.329 e. The molecule has 0 aromatic carbocycles. The number of amides is 3. The maximum Gasteiger partial charge on any atom is 0.405 e. The molecular weight excluding hydrogens is 484 g/mol. The number of rotatable bonds is 4. The van der Waals surface area contributed by atoms with Crippen molar-refractivity contribution in [3.05, 3.63) is 30.4 Å². The van der Waals surface area contributed by atoms with Gasteiger partial charge in [-0.15, -0.1) is 0 Å².